The van der Waals surface area contributed by atoms with Crippen molar-refractivity contribution in [3.63, 3.8) is 0 Å². The molecule has 0 bridgehead atoms. The predicted octanol–water partition coefficient (Wildman–Crippen LogP) is 6.49. The molecular formula is C22H17F4NO3. The van der Waals surface area contributed by atoms with Gasteiger partial charge in [-0.15, -0.1) is 0 Å². The summed E-state index contributed by atoms with van der Waals surface area (Å²) >= 11 is 0. The zero-order chi connectivity index (χ0) is 21.7. The summed E-state index contributed by atoms with van der Waals surface area (Å²) in [6, 6.07) is 12.6. The lowest BCUT2D eigenvalue weighted by atomic mass is 10.1. The number of nitrogens with zero attached hydrogens (tertiary/aromatic N) is 1. The van der Waals surface area contributed by atoms with Gasteiger partial charge in [0.15, 0.2) is 17.2 Å². The number of hydrogen-bond donors (Lipinski definition) is 1. The molecule has 0 saturated carbocycles. The van der Waals surface area contributed by atoms with Crippen LogP contribution in [-0.4, -0.2) is 17.9 Å². The van der Waals surface area contributed by atoms with Gasteiger partial charge in [-0.05, 0) is 61.5 Å². The molecule has 4 nitrogen and oxygen atoms in total. The summed E-state index contributed by atoms with van der Waals surface area (Å²) in [6.45, 7) is 2.08. The van der Waals surface area contributed by atoms with Crippen molar-refractivity contribution in [2.75, 3.05) is 6.61 Å². The molecule has 3 aromatic rings. The van der Waals surface area contributed by atoms with Crippen LogP contribution in [0.15, 0.2) is 65.7 Å². The maximum Gasteiger partial charge on any atom is 0.416 e. The molecular weight excluding hydrogens is 402 g/mol. The van der Waals surface area contributed by atoms with E-state index in [1.807, 2.05) is 0 Å². The third kappa shape index (κ3) is 5.08. The lowest BCUT2D eigenvalue weighted by Gasteiger charge is -2.12. The van der Waals surface area contributed by atoms with Gasteiger partial charge in [-0.1, -0.05) is 6.07 Å². The summed E-state index contributed by atoms with van der Waals surface area (Å²) in [6.07, 6.45) is -3.36. The monoisotopic (exact) mass is 419 g/mol. The van der Waals surface area contributed by atoms with E-state index in [0.717, 1.165) is 18.2 Å². The third-order valence-corrected chi connectivity index (χ3v) is 4.00. The van der Waals surface area contributed by atoms with Crippen LogP contribution in [0.5, 0.6) is 23.0 Å². The quantitative estimate of drug-likeness (QED) is 0.367. The molecule has 8 heteroatoms. The molecule has 1 N–H and O–H groups in total. The Morgan fingerprint density at radius 2 is 1.73 bits per heavy atom. The van der Waals surface area contributed by atoms with Crippen LogP contribution in [0.4, 0.5) is 23.2 Å². The van der Waals surface area contributed by atoms with Gasteiger partial charge < -0.3 is 14.6 Å². The maximum absolute atomic E-state index is 13.1. The number of aliphatic imine (C=N–C) groups is 1. The van der Waals surface area contributed by atoms with E-state index in [2.05, 4.69) is 4.99 Å². The lowest BCUT2D eigenvalue weighted by Crippen LogP contribution is -2.04. The van der Waals surface area contributed by atoms with E-state index < -0.39 is 17.6 Å². The zero-order valence-corrected chi connectivity index (χ0v) is 15.8. The van der Waals surface area contributed by atoms with E-state index in [1.54, 1.807) is 19.1 Å². The maximum atomic E-state index is 13.1. The van der Waals surface area contributed by atoms with E-state index in [0.29, 0.717) is 6.61 Å². The van der Waals surface area contributed by atoms with Gasteiger partial charge in [0.25, 0.3) is 0 Å². The Bertz CT molecular complexity index is 1050. The van der Waals surface area contributed by atoms with Gasteiger partial charge in [-0.3, -0.25) is 4.99 Å². The van der Waals surface area contributed by atoms with Crippen molar-refractivity contribution < 1.29 is 32.1 Å². The molecule has 3 aromatic carbocycles. The fourth-order valence-electron chi connectivity index (χ4n) is 2.57. The van der Waals surface area contributed by atoms with Crippen molar-refractivity contribution >= 4 is 11.9 Å². The first-order valence-corrected chi connectivity index (χ1v) is 8.91. The number of phenolic OH excluding ortho intramolecular Hbond substituents is 1. The van der Waals surface area contributed by atoms with Crippen molar-refractivity contribution in [2.45, 2.75) is 13.1 Å². The molecule has 0 fully saturated rings. The SMILES string of the molecule is CCOc1cccc(C=Nc2cc(C(F)(F)F)ccc2Oc2ccc(F)cc2)c1O. The molecule has 0 amide bonds. The smallest absolute Gasteiger partial charge is 0.416 e. The average Bonchev–Trinajstić information content (AvgIpc) is 2.70. The molecule has 0 aliphatic carbocycles. The van der Waals surface area contributed by atoms with Crippen molar-refractivity contribution in [3.05, 3.63) is 77.6 Å². The first-order valence-electron chi connectivity index (χ1n) is 8.91. The number of phenols is 1. The van der Waals surface area contributed by atoms with Crippen molar-refractivity contribution in [3.8, 4) is 23.0 Å². The van der Waals surface area contributed by atoms with Gasteiger partial charge in [-0.25, -0.2) is 4.39 Å². The summed E-state index contributed by atoms with van der Waals surface area (Å²) in [4.78, 5) is 4.09. The Hall–Kier alpha value is -3.55. The fraction of sp³-hybridized carbons (Fsp3) is 0.136. The van der Waals surface area contributed by atoms with E-state index >= 15 is 0 Å². The molecule has 0 radical (unpaired) electrons. The van der Waals surface area contributed by atoms with E-state index in [9.17, 15) is 22.7 Å². The number of alkyl halides is 3. The van der Waals surface area contributed by atoms with Crippen molar-refractivity contribution in [1.29, 1.82) is 0 Å². The highest BCUT2D eigenvalue weighted by Gasteiger charge is 2.31. The second kappa shape index (κ2) is 8.86. The summed E-state index contributed by atoms with van der Waals surface area (Å²) in [5.74, 6) is -0.165. The molecule has 0 atom stereocenters. The minimum Gasteiger partial charge on any atom is -0.504 e. The average molecular weight is 419 g/mol. The molecule has 0 saturated heterocycles. The van der Waals surface area contributed by atoms with Gasteiger partial charge in [0.05, 0.1) is 12.2 Å². The number of hydrogen-bond acceptors (Lipinski definition) is 4. The molecule has 0 aromatic heterocycles. The summed E-state index contributed by atoms with van der Waals surface area (Å²) in [5.41, 5.74) is -0.769. The second-order valence-corrected chi connectivity index (χ2v) is 6.12. The fourth-order valence-corrected chi connectivity index (χ4v) is 2.57. The van der Waals surface area contributed by atoms with Crippen LogP contribution in [0.1, 0.15) is 18.1 Å². The number of benzene rings is 3. The number of ether oxygens (including phenoxy) is 2. The highest BCUT2D eigenvalue weighted by molar-refractivity contribution is 5.87. The number of para-hydroxylation sites is 1. The molecule has 156 valence electrons. The van der Waals surface area contributed by atoms with Crippen LogP contribution in [0.2, 0.25) is 0 Å². The Kier molecular flexibility index (Phi) is 6.25. The molecule has 0 aliphatic heterocycles. The van der Waals surface area contributed by atoms with E-state index in [1.165, 1.54) is 36.5 Å². The number of rotatable bonds is 6. The van der Waals surface area contributed by atoms with Gasteiger partial charge in [-0.2, -0.15) is 13.2 Å². The first-order chi connectivity index (χ1) is 14.3. The van der Waals surface area contributed by atoms with Crippen LogP contribution in [0, 0.1) is 5.82 Å². The van der Waals surface area contributed by atoms with Gasteiger partial charge in [0.2, 0.25) is 0 Å². The topological polar surface area (TPSA) is 51.0 Å². The molecule has 0 spiro atoms. The molecule has 3 rings (SSSR count). The van der Waals surface area contributed by atoms with Crippen molar-refractivity contribution in [2.24, 2.45) is 4.99 Å². The number of aromatic hydroxyl groups is 1. The van der Waals surface area contributed by atoms with Gasteiger partial charge in [0, 0.05) is 11.8 Å². The van der Waals surface area contributed by atoms with Crippen LogP contribution in [0.3, 0.4) is 0 Å². The molecule has 0 aliphatic rings. The Morgan fingerprint density at radius 1 is 1.00 bits per heavy atom. The molecule has 0 heterocycles. The van der Waals surface area contributed by atoms with Crippen LogP contribution in [0.25, 0.3) is 0 Å². The number of halogens is 4. The summed E-state index contributed by atoms with van der Waals surface area (Å²) in [7, 11) is 0. The molecule has 0 unspecified atom stereocenters. The molecule has 30 heavy (non-hydrogen) atoms. The summed E-state index contributed by atoms with van der Waals surface area (Å²) in [5, 5.41) is 10.2. The lowest BCUT2D eigenvalue weighted by molar-refractivity contribution is -0.137. The van der Waals surface area contributed by atoms with Gasteiger partial charge in [0.1, 0.15) is 17.3 Å². The Labute approximate surface area is 170 Å². The normalized spacial score (nSPS) is 11.6. The van der Waals surface area contributed by atoms with Gasteiger partial charge >= 0.3 is 6.18 Å². The largest absolute Gasteiger partial charge is 0.504 e. The highest BCUT2D eigenvalue weighted by atomic mass is 19.4. The first kappa shape index (κ1) is 21.2. The van der Waals surface area contributed by atoms with Crippen LogP contribution >= 0.6 is 0 Å². The van der Waals surface area contributed by atoms with Crippen LogP contribution < -0.4 is 9.47 Å². The van der Waals surface area contributed by atoms with Crippen LogP contribution in [-0.2, 0) is 6.18 Å². The second-order valence-electron chi connectivity index (χ2n) is 6.12. The van der Waals surface area contributed by atoms with Crippen molar-refractivity contribution in [1.82, 2.24) is 0 Å². The highest BCUT2D eigenvalue weighted by Crippen LogP contribution is 2.38. The standard InChI is InChI=1S/C22H17F4NO3/c1-2-29-20-5-3-4-14(21(20)28)13-27-18-12-15(22(24,25)26)6-11-19(18)30-17-9-7-16(23)8-10-17/h3-13,28H,2H2,1H3. The third-order valence-electron chi connectivity index (χ3n) is 4.00. The van der Waals surface area contributed by atoms with E-state index in [-0.39, 0.29) is 34.2 Å². The Balaban J connectivity index is 1.99. The minimum absolute atomic E-state index is 0.0336. The zero-order valence-electron chi connectivity index (χ0n) is 15.8. The predicted molar refractivity (Wildman–Crippen MR) is 104 cm³/mol. The minimum atomic E-state index is -4.57. The van der Waals surface area contributed by atoms with E-state index in [4.69, 9.17) is 9.47 Å². The Morgan fingerprint density at radius 3 is 2.40 bits per heavy atom. The summed E-state index contributed by atoms with van der Waals surface area (Å²) < 4.78 is 63.4.